The van der Waals surface area contributed by atoms with Gasteiger partial charge in [-0.1, -0.05) is 19.9 Å². The zero-order valence-corrected chi connectivity index (χ0v) is 14.3. The Labute approximate surface area is 133 Å². The molecule has 1 aromatic carbocycles. The number of benzene rings is 1. The molecular weight excluding hydrogens is 300 g/mol. The summed E-state index contributed by atoms with van der Waals surface area (Å²) in [5.74, 6) is -0.0755. The first-order valence-corrected chi connectivity index (χ1v) is 9.25. The molecule has 1 aromatic rings. The van der Waals surface area contributed by atoms with Crippen LogP contribution in [0.5, 0.6) is 0 Å². The summed E-state index contributed by atoms with van der Waals surface area (Å²) in [6.07, 6.45) is 2.03. The van der Waals surface area contributed by atoms with E-state index >= 15 is 0 Å². The number of hydrogen-bond donors (Lipinski definition) is 0. The summed E-state index contributed by atoms with van der Waals surface area (Å²) in [5, 5.41) is 0. The van der Waals surface area contributed by atoms with Gasteiger partial charge in [0.05, 0.1) is 4.90 Å². The van der Waals surface area contributed by atoms with Gasteiger partial charge in [0.2, 0.25) is 10.0 Å². The van der Waals surface area contributed by atoms with Gasteiger partial charge in [0.1, 0.15) is 0 Å². The standard InChI is InChI=1S/C16H24N2O3S/c1-4-18(5-2)22(20,21)15-12-14(9-8-13(15)3)16(19)17-10-6-7-11-17/h8-9,12H,4-7,10-11H2,1-3H3. The number of rotatable bonds is 5. The smallest absolute Gasteiger partial charge is 0.253 e. The monoisotopic (exact) mass is 324 g/mol. The first-order valence-electron chi connectivity index (χ1n) is 7.81. The number of carbonyl (C=O) groups excluding carboxylic acids is 1. The Kier molecular flexibility index (Phi) is 5.24. The summed E-state index contributed by atoms with van der Waals surface area (Å²) in [5.41, 5.74) is 1.13. The van der Waals surface area contributed by atoms with Crippen molar-refractivity contribution in [1.29, 1.82) is 0 Å². The van der Waals surface area contributed by atoms with Crippen molar-refractivity contribution in [2.75, 3.05) is 26.2 Å². The highest BCUT2D eigenvalue weighted by molar-refractivity contribution is 7.89. The Bertz CT molecular complexity index is 645. The third kappa shape index (κ3) is 3.17. The van der Waals surface area contributed by atoms with Crippen LogP contribution in [0.25, 0.3) is 0 Å². The molecule has 5 nitrogen and oxygen atoms in total. The van der Waals surface area contributed by atoms with Crippen LogP contribution >= 0.6 is 0 Å². The minimum atomic E-state index is -3.55. The maximum atomic E-state index is 12.7. The molecule has 1 heterocycles. The van der Waals surface area contributed by atoms with E-state index in [1.807, 2.05) is 13.8 Å². The average Bonchev–Trinajstić information content (AvgIpc) is 3.02. The van der Waals surface area contributed by atoms with Crippen molar-refractivity contribution in [3.05, 3.63) is 29.3 Å². The lowest BCUT2D eigenvalue weighted by molar-refractivity contribution is 0.0792. The zero-order chi connectivity index (χ0) is 16.3. The van der Waals surface area contributed by atoms with E-state index in [0.29, 0.717) is 24.2 Å². The van der Waals surface area contributed by atoms with Gasteiger partial charge in [-0.05, 0) is 37.5 Å². The molecule has 0 saturated carbocycles. The molecule has 122 valence electrons. The Morgan fingerprint density at radius 2 is 1.77 bits per heavy atom. The van der Waals surface area contributed by atoms with E-state index < -0.39 is 10.0 Å². The lowest BCUT2D eigenvalue weighted by atomic mass is 10.1. The molecule has 0 N–H and O–H groups in total. The predicted molar refractivity (Wildman–Crippen MR) is 86.4 cm³/mol. The maximum absolute atomic E-state index is 12.7. The van der Waals surface area contributed by atoms with Crippen molar-refractivity contribution in [2.45, 2.75) is 38.5 Å². The van der Waals surface area contributed by atoms with Crippen LogP contribution in [0, 0.1) is 6.92 Å². The second-order valence-electron chi connectivity index (χ2n) is 5.57. The molecule has 1 aliphatic rings. The molecule has 0 spiro atoms. The highest BCUT2D eigenvalue weighted by atomic mass is 32.2. The van der Waals surface area contributed by atoms with Crippen LogP contribution in [0.4, 0.5) is 0 Å². The molecular formula is C16H24N2O3S. The molecule has 0 unspecified atom stereocenters. The molecule has 6 heteroatoms. The van der Waals surface area contributed by atoms with Crippen molar-refractivity contribution in [1.82, 2.24) is 9.21 Å². The fourth-order valence-electron chi connectivity index (χ4n) is 2.82. The summed E-state index contributed by atoms with van der Waals surface area (Å²) < 4.78 is 26.8. The van der Waals surface area contributed by atoms with Crippen molar-refractivity contribution in [3.8, 4) is 0 Å². The number of sulfonamides is 1. The molecule has 0 radical (unpaired) electrons. The SMILES string of the molecule is CCN(CC)S(=O)(=O)c1cc(C(=O)N2CCCC2)ccc1C. The van der Waals surface area contributed by atoms with E-state index in [0.717, 1.165) is 25.9 Å². The van der Waals surface area contributed by atoms with Gasteiger partial charge in [-0.3, -0.25) is 4.79 Å². The van der Waals surface area contributed by atoms with Gasteiger partial charge in [-0.15, -0.1) is 0 Å². The van der Waals surface area contributed by atoms with E-state index in [1.54, 1.807) is 24.0 Å². The summed E-state index contributed by atoms with van der Waals surface area (Å²) in [6.45, 7) is 7.74. The molecule has 1 fully saturated rings. The van der Waals surface area contributed by atoms with Crippen LogP contribution < -0.4 is 0 Å². The van der Waals surface area contributed by atoms with Crippen LogP contribution in [-0.2, 0) is 10.0 Å². The molecule has 1 aliphatic heterocycles. The van der Waals surface area contributed by atoms with Crippen LogP contribution in [0.3, 0.4) is 0 Å². The van der Waals surface area contributed by atoms with Gasteiger partial charge >= 0.3 is 0 Å². The molecule has 0 atom stereocenters. The van der Waals surface area contributed by atoms with Crippen LogP contribution in [-0.4, -0.2) is 49.7 Å². The Morgan fingerprint density at radius 1 is 1.18 bits per heavy atom. The first kappa shape index (κ1) is 17.0. The highest BCUT2D eigenvalue weighted by Gasteiger charge is 2.26. The minimum absolute atomic E-state index is 0.0755. The second kappa shape index (κ2) is 6.79. The number of aryl methyl sites for hydroxylation is 1. The van der Waals surface area contributed by atoms with Crippen molar-refractivity contribution in [2.24, 2.45) is 0 Å². The quantitative estimate of drug-likeness (QED) is 0.835. The van der Waals surface area contributed by atoms with Gasteiger partial charge in [0.25, 0.3) is 5.91 Å². The maximum Gasteiger partial charge on any atom is 0.253 e. The minimum Gasteiger partial charge on any atom is -0.339 e. The van der Waals surface area contributed by atoms with Gasteiger partial charge in [-0.2, -0.15) is 4.31 Å². The number of amides is 1. The summed E-state index contributed by atoms with van der Waals surface area (Å²) >= 11 is 0. The van der Waals surface area contributed by atoms with Crippen molar-refractivity contribution in [3.63, 3.8) is 0 Å². The van der Waals surface area contributed by atoms with Gasteiger partial charge in [0.15, 0.2) is 0 Å². The normalized spacial score (nSPS) is 15.5. The second-order valence-corrected chi connectivity index (χ2v) is 7.48. The molecule has 22 heavy (non-hydrogen) atoms. The fraction of sp³-hybridized carbons (Fsp3) is 0.562. The average molecular weight is 324 g/mol. The van der Waals surface area contributed by atoms with E-state index in [-0.39, 0.29) is 10.8 Å². The van der Waals surface area contributed by atoms with Gasteiger partial charge < -0.3 is 4.90 Å². The molecule has 0 bridgehead atoms. The summed E-state index contributed by atoms with van der Waals surface area (Å²) in [6, 6.07) is 4.97. The Balaban J connectivity index is 2.40. The topological polar surface area (TPSA) is 57.7 Å². The number of hydrogen-bond acceptors (Lipinski definition) is 3. The van der Waals surface area contributed by atoms with Crippen LogP contribution in [0.2, 0.25) is 0 Å². The highest BCUT2D eigenvalue weighted by Crippen LogP contribution is 2.23. The number of likely N-dealkylation sites (tertiary alicyclic amines) is 1. The van der Waals surface area contributed by atoms with Gasteiger partial charge in [0, 0.05) is 31.7 Å². The lowest BCUT2D eigenvalue weighted by Gasteiger charge is -2.21. The molecule has 2 rings (SSSR count). The molecule has 1 saturated heterocycles. The van der Waals surface area contributed by atoms with E-state index in [9.17, 15) is 13.2 Å². The van der Waals surface area contributed by atoms with E-state index in [2.05, 4.69) is 0 Å². The first-order chi connectivity index (χ1) is 10.4. The van der Waals surface area contributed by atoms with Crippen LogP contribution in [0.15, 0.2) is 23.1 Å². The lowest BCUT2D eigenvalue weighted by Crippen LogP contribution is -2.32. The van der Waals surface area contributed by atoms with E-state index in [1.165, 1.54) is 10.4 Å². The van der Waals surface area contributed by atoms with Gasteiger partial charge in [-0.25, -0.2) is 8.42 Å². The third-order valence-electron chi connectivity index (χ3n) is 4.15. The van der Waals surface area contributed by atoms with Crippen LogP contribution in [0.1, 0.15) is 42.6 Å². The third-order valence-corrected chi connectivity index (χ3v) is 6.34. The largest absolute Gasteiger partial charge is 0.339 e. The summed E-state index contributed by atoms with van der Waals surface area (Å²) in [7, 11) is -3.55. The molecule has 1 amide bonds. The number of carbonyl (C=O) groups is 1. The zero-order valence-electron chi connectivity index (χ0n) is 13.5. The Hall–Kier alpha value is -1.40. The van der Waals surface area contributed by atoms with E-state index in [4.69, 9.17) is 0 Å². The fourth-order valence-corrected chi connectivity index (χ4v) is 4.53. The Morgan fingerprint density at radius 3 is 2.32 bits per heavy atom. The molecule has 0 aliphatic carbocycles. The van der Waals surface area contributed by atoms with Crippen molar-refractivity contribution < 1.29 is 13.2 Å². The number of nitrogens with zero attached hydrogens (tertiary/aromatic N) is 2. The predicted octanol–water partition coefficient (Wildman–Crippen LogP) is 2.26. The molecule has 0 aromatic heterocycles. The van der Waals surface area contributed by atoms with Crippen molar-refractivity contribution >= 4 is 15.9 Å². The summed E-state index contributed by atoms with van der Waals surface area (Å²) in [4.78, 5) is 14.5.